The van der Waals surface area contributed by atoms with Crippen molar-refractivity contribution in [1.82, 2.24) is 5.32 Å². The van der Waals surface area contributed by atoms with Crippen LogP contribution in [0, 0.1) is 6.92 Å². The predicted molar refractivity (Wildman–Crippen MR) is 84.2 cm³/mol. The molecule has 1 aromatic rings. The molecule has 0 saturated heterocycles. The number of amides is 2. The van der Waals surface area contributed by atoms with Gasteiger partial charge in [0.05, 0.1) is 5.25 Å². The number of sulfone groups is 1. The number of benzene rings is 1. The van der Waals surface area contributed by atoms with Gasteiger partial charge in [-0.25, -0.2) is 13.2 Å². The van der Waals surface area contributed by atoms with Crippen molar-refractivity contribution in [3.63, 3.8) is 0 Å². The van der Waals surface area contributed by atoms with Crippen LogP contribution in [0.3, 0.4) is 0 Å². The predicted octanol–water partition coefficient (Wildman–Crippen LogP) is 2.47. The van der Waals surface area contributed by atoms with E-state index in [4.69, 9.17) is 0 Å². The lowest BCUT2D eigenvalue weighted by atomic mass is 9.95. The molecule has 1 saturated carbocycles. The molecule has 1 aliphatic carbocycles. The maximum atomic E-state index is 12.0. The van der Waals surface area contributed by atoms with Gasteiger partial charge in [-0.3, -0.25) is 0 Å². The highest BCUT2D eigenvalue weighted by Gasteiger charge is 2.29. The van der Waals surface area contributed by atoms with E-state index in [1.54, 1.807) is 0 Å². The standard InChI is InChI=1S/C15H22N2O3S/c1-11-6-8-12(9-7-11)16-15(18)17-13-4-3-5-14(10-13)21(2,19)20/h6-9,13-14H,3-5,10H2,1-2H3,(H2,16,17,18)/t13-,14-/m0/s1. The van der Waals surface area contributed by atoms with E-state index in [1.807, 2.05) is 31.2 Å². The molecule has 0 heterocycles. The number of nitrogens with one attached hydrogen (secondary N) is 2. The van der Waals surface area contributed by atoms with Gasteiger partial charge in [-0.2, -0.15) is 0 Å². The summed E-state index contributed by atoms with van der Waals surface area (Å²) < 4.78 is 23.2. The van der Waals surface area contributed by atoms with Crippen molar-refractivity contribution >= 4 is 21.6 Å². The van der Waals surface area contributed by atoms with E-state index in [2.05, 4.69) is 10.6 Å². The highest BCUT2D eigenvalue weighted by Crippen LogP contribution is 2.24. The summed E-state index contributed by atoms with van der Waals surface area (Å²) in [4.78, 5) is 12.0. The van der Waals surface area contributed by atoms with Gasteiger partial charge in [-0.1, -0.05) is 24.1 Å². The van der Waals surface area contributed by atoms with Crippen LogP contribution < -0.4 is 10.6 Å². The van der Waals surface area contributed by atoms with Gasteiger partial charge >= 0.3 is 6.03 Å². The van der Waals surface area contributed by atoms with Crippen LogP contribution in [0.1, 0.15) is 31.2 Å². The number of hydrogen-bond donors (Lipinski definition) is 2. The molecule has 0 unspecified atom stereocenters. The van der Waals surface area contributed by atoms with E-state index in [-0.39, 0.29) is 17.3 Å². The minimum Gasteiger partial charge on any atom is -0.335 e. The first kappa shape index (κ1) is 15.8. The van der Waals surface area contributed by atoms with Crippen molar-refractivity contribution < 1.29 is 13.2 Å². The second-order valence-electron chi connectivity index (χ2n) is 5.78. The molecule has 1 aromatic carbocycles. The van der Waals surface area contributed by atoms with Gasteiger partial charge in [0, 0.05) is 18.0 Å². The molecule has 2 atom stereocenters. The lowest BCUT2D eigenvalue weighted by Gasteiger charge is -2.28. The Balaban J connectivity index is 1.89. The maximum Gasteiger partial charge on any atom is 0.319 e. The van der Waals surface area contributed by atoms with Crippen LogP contribution in [0.25, 0.3) is 0 Å². The largest absolute Gasteiger partial charge is 0.335 e. The smallest absolute Gasteiger partial charge is 0.319 e. The molecule has 5 nitrogen and oxygen atoms in total. The molecule has 2 N–H and O–H groups in total. The lowest BCUT2D eigenvalue weighted by molar-refractivity contribution is 0.244. The highest BCUT2D eigenvalue weighted by atomic mass is 32.2. The molecular formula is C15H22N2O3S. The molecule has 116 valence electrons. The van der Waals surface area contributed by atoms with Crippen molar-refractivity contribution in [3.05, 3.63) is 29.8 Å². The van der Waals surface area contributed by atoms with E-state index >= 15 is 0 Å². The monoisotopic (exact) mass is 310 g/mol. The van der Waals surface area contributed by atoms with Crippen molar-refractivity contribution in [3.8, 4) is 0 Å². The van der Waals surface area contributed by atoms with Crippen LogP contribution in [0.15, 0.2) is 24.3 Å². The zero-order valence-corrected chi connectivity index (χ0v) is 13.2. The Morgan fingerprint density at radius 2 is 1.86 bits per heavy atom. The molecule has 0 spiro atoms. The van der Waals surface area contributed by atoms with Crippen LogP contribution >= 0.6 is 0 Å². The average molecular weight is 310 g/mol. The zero-order chi connectivity index (χ0) is 15.5. The number of aryl methyl sites for hydroxylation is 1. The van der Waals surface area contributed by atoms with Crippen LogP contribution in [0.4, 0.5) is 10.5 Å². The molecule has 1 fully saturated rings. The first-order valence-electron chi connectivity index (χ1n) is 7.17. The van der Waals surface area contributed by atoms with Crippen LogP contribution in [0.5, 0.6) is 0 Å². The quantitative estimate of drug-likeness (QED) is 0.900. The Hall–Kier alpha value is -1.56. The Morgan fingerprint density at radius 3 is 2.48 bits per heavy atom. The summed E-state index contributed by atoms with van der Waals surface area (Å²) in [7, 11) is -3.03. The Labute approximate surface area is 126 Å². The first-order valence-corrected chi connectivity index (χ1v) is 9.13. The minimum absolute atomic E-state index is 0.0797. The maximum absolute atomic E-state index is 12.0. The summed E-state index contributed by atoms with van der Waals surface area (Å²) in [6.07, 6.45) is 4.11. The summed E-state index contributed by atoms with van der Waals surface area (Å²) in [6, 6.07) is 7.18. The third kappa shape index (κ3) is 4.74. The first-order chi connectivity index (χ1) is 9.84. The summed E-state index contributed by atoms with van der Waals surface area (Å²) in [5.74, 6) is 0. The molecular weight excluding hydrogens is 288 g/mol. The number of hydrogen-bond acceptors (Lipinski definition) is 3. The normalized spacial score (nSPS) is 22.6. The number of carbonyl (C=O) groups excluding carboxylic acids is 1. The van der Waals surface area contributed by atoms with Gasteiger partial charge < -0.3 is 10.6 Å². The van der Waals surface area contributed by atoms with Crippen molar-refractivity contribution in [1.29, 1.82) is 0 Å². The van der Waals surface area contributed by atoms with Gasteiger partial charge in [0.15, 0.2) is 0 Å². The molecule has 0 bridgehead atoms. The SMILES string of the molecule is Cc1ccc(NC(=O)N[C@H]2CCC[C@H](S(C)(=O)=O)C2)cc1. The summed E-state index contributed by atoms with van der Waals surface area (Å²) >= 11 is 0. The third-order valence-electron chi connectivity index (χ3n) is 3.88. The summed E-state index contributed by atoms with van der Waals surface area (Å²) in [6.45, 7) is 1.98. The highest BCUT2D eigenvalue weighted by molar-refractivity contribution is 7.91. The molecule has 0 aromatic heterocycles. The van der Waals surface area contributed by atoms with E-state index in [1.165, 1.54) is 6.26 Å². The molecule has 21 heavy (non-hydrogen) atoms. The molecule has 2 rings (SSSR count). The average Bonchev–Trinajstić information content (AvgIpc) is 2.41. The third-order valence-corrected chi connectivity index (χ3v) is 5.52. The minimum atomic E-state index is -3.03. The van der Waals surface area contributed by atoms with Gasteiger partial charge in [0.2, 0.25) is 0 Å². The Morgan fingerprint density at radius 1 is 1.19 bits per heavy atom. The van der Waals surface area contributed by atoms with Gasteiger partial charge in [0.1, 0.15) is 9.84 Å². The number of urea groups is 1. The molecule has 2 amide bonds. The fraction of sp³-hybridized carbons (Fsp3) is 0.533. The number of rotatable bonds is 3. The Kier molecular flexibility index (Phi) is 4.88. The van der Waals surface area contributed by atoms with E-state index < -0.39 is 9.84 Å². The van der Waals surface area contributed by atoms with E-state index in [0.29, 0.717) is 12.8 Å². The summed E-state index contributed by atoms with van der Waals surface area (Å²) in [5.41, 5.74) is 1.86. The zero-order valence-electron chi connectivity index (χ0n) is 12.4. The molecule has 6 heteroatoms. The fourth-order valence-corrected chi connectivity index (χ4v) is 3.83. The van der Waals surface area contributed by atoms with Gasteiger partial charge in [-0.05, 0) is 38.3 Å². The van der Waals surface area contributed by atoms with Crippen molar-refractivity contribution in [2.45, 2.75) is 43.9 Å². The molecule has 0 radical (unpaired) electrons. The summed E-state index contributed by atoms with van der Waals surface area (Å²) in [5, 5.41) is 5.30. The van der Waals surface area contributed by atoms with Crippen molar-refractivity contribution in [2.75, 3.05) is 11.6 Å². The van der Waals surface area contributed by atoms with Crippen molar-refractivity contribution in [2.24, 2.45) is 0 Å². The topological polar surface area (TPSA) is 75.3 Å². The fourth-order valence-electron chi connectivity index (χ4n) is 2.65. The van der Waals surface area contributed by atoms with E-state index in [9.17, 15) is 13.2 Å². The second-order valence-corrected chi connectivity index (χ2v) is 8.11. The molecule has 1 aliphatic rings. The van der Waals surface area contributed by atoms with Gasteiger partial charge in [0.25, 0.3) is 0 Å². The van der Waals surface area contributed by atoms with Crippen LogP contribution in [-0.2, 0) is 9.84 Å². The van der Waals surface area contributed by atoms with Crippen LogP contribution in [0.2, 0.25) is 0 Å². The van der Waals surface area contributed by atoms with E-state index in [0.717, 1.165) is 24.1 Å². The van der Waals surface area contributed by atoms with Gasteiger partial charge in [-0.15, -0.1) is 0 Å². The second kappa shape index (κ2) is 6.47. The lowest BCUT2D eigenvalue weighted by Crippen LogP contribution is -2.43. The Bertz CT molecular complexity index is 596. The number of anilines is 1. The number of carbonyl (C=O) groups is 1. The van der Waals surface area contributed by atoms with Crippen LogP contribution in [-0.4, -0.2) is 32.0 Å². The molecule has 0 aliphatic heterocycles.